The molecule has 1 heterocycles. The summed E-state index contributed by atoms with van der Waals surface area (Å²) in [7, 11) is 0. The van der Waals surface area contributed by atoms with Crippen LogP contribution < -0.4 is 0 Å². The Hall–Kier alpha value is -1.20. The number of carboxylic acid groups (broad SMARTS) is 1. The molecule has 1 aliphatic rings. The van der Waals surface area contributed by atoms with Gasteiger partial charge >= 0.3 is 5.97 Å². The third-order valence-electron chi connectivity index (χ3n) is 3.96. The van der Waals surface area contributed by atoms with Crippen LogP contribution in [-0.2, 0) is 9.59 Å². The van der Waals surface area contributed by atoms with Gasteiger partial charge in [-0.2, -0.15) is 0 Å². The molecule has 2 rings (SSSR count). The summed E-state index contributed by atoms with van der Waals surface area (Å²) in [6.45, 7) is 2.58. The van der Waals surface area contributed by atoms with E-state index in [0.29, 0.717) is 25.9 Å². The van der Waals surface area contributed by atoms with Gasteiger partial charge in [-0.15, -0.1) is 11.8 Å². The lowest BCUT2D eigenvalue weighted by Gasteiger charge is -2.20. The van der Waals surface area contributed by atoms with Gasteiger partial charge in [-0.1, -0.05) is 11.6 Å². The second-order valence-corrected chi connectivity index (χ2v) is 7.44. The summed E-state index contributed by atoms with van der Waals surface area (Å²) in [5.41, 5.74) is -0.784. The van der Waals surface area contributed by atoms with Gasteiger partial charge in [-0.25, -0.2) is 0 Å². The fourth-order valence-electron chi connectivity index (χ4n) is 2.45. The van der Waals surface area contributed by atoms with Crippen molar-refractivity contribution in [1.82, 2.24) is 4.90 Å². The molecule has 6 heteroatoms. The first-order valence-electron chi connectivity index (χ1n) is 7.30. The molecular weight excluding hydrogens is 322 g/mol. The van der Waals surface area contributed by atoms with Gasteiger partial charge in [0.2, 0.25) is 5.91 Å². The smallest absolute Gasteiger partial charge is 0.311 e. The highest BCUT2D eigenvalue weighted by Gasteiger charge is 2.41. The Morgan fingerprint density at radius 3 is 2.64 bits per heavy atom. The van der Waals surface area contributed by atoms with Crippen LogP contribution in [0, 0.1) is 5.41 Å². The van der Waals surface area contributed by atoms with Gasteiger partial charge in [0, 0.05) is 29.4 Å². The molecule has 1 unspecified atom stereocenters. The maximum absolute atomic E-state index is 12.1. The third-order valence-corrected chi connectivity index (χ3v) is 5.31. The molecule has 22 heavy (non-hydrogen) atoms. The molecule has 1 aromatic rings. The molecule has 1 amide bonds. The quantitative estimate of drug-likeness (QED) is 0.635. The first-order valence-corrected chi connectivity index (χ1v) is 8.67. The van der Waals surface area contributed by atoms with Crippen molar-refractivity contribution in [2.24, 2.45) is 5.41 Å². The number of carboxylic acids is 1. The number of carbonyl (C=O) groups excluding carboxylic acids is 1. The van der Waals surface area contributed by atoms with E-state index in [0.717, 1.165) is 22.1 Å². The Bertz CT molecular complexity index is 549. The van der Waals surface area contributed by atoms with E-state index in [1.54, 1.807) is 23.6 Å². The molecule has 1 saturated heterocycles. The normalized spacial score (nSPS) is 21.1. The van der Waals surface area contributed by atoms with E-state index < -0.39 is 11.4 Å². The van der Waals surface area contributed by atoms with Crippen molar-refractivity contribution < 1.29 is 14.7 Å². The number of aliphatic carboxylic acids is 1. The van der Waals surface area contributed by atoms with Crippen LogP contribution in [0.5, 0.6) is 0 Å². The number of carbonyl (C=O) groups is 2. The molecular formula is C16H20ClNO3S. The topological polar surface area (TPSA) is 57.6 Å². The van der Waals surface area contributed by atoms with Gasteiger partial charge < -0.3 is 10.0 Å². The molecule has 0 aromatic heterocycles. The highest BCUT2D eigenvalue weighted by atomic mass is 35.5. The van der Waals surface area contributed by atoms with Crippen LogP contribution in [-0.4, -0.2) is 40.7 Å². The van der Waals surface area contributed by atoms with Crippen molar-refractivity contribution in [2.75, 3.05) is 18.8 Å². The Balaban J connectivity index is 1.70. The zero-order chi connectivity index (χ0) is 16.2. The van der Waals surface area contributed by atoms with Gasteiger partial charge in [-0.05, 0) is 49.8 Å². The summed E-state index contributed by atoms with van der Waals surface area (Å²) in [5.74, 6) is 0.0972. The van der Waals surface area contributed by atoms with E-state index in [1.807, 2.05) is 24.3 Å². The minimum Gasteiger partial charge on any atom is -0.481 e. The Kier molecular flexibility index (Phi) is 5.75. The molecule has 1 fully saturated rings. The van der Waals surface area contributed by atoms with Crippen LogP contribution in [0.2, 0.25) is 5.02 Å². The number of hydrogen-bond donors (Lipinski definition) is 1. The van der Waals surface area contributed by atoms with Crippen molar-refractivity contribution in [3.63, 3.8) is 0 Å². The first kappa shape index (κ1) is 17.2. The number of hydrogen-bond acceptors (Lipinski definition) is 3. The molecule has 1 N–H and O–H groups in total. The van der Waals surface area contributed by atoms with E-state index in [-0.39, 0.29) is 5.91 Å². The number of thioether (sulfide) groups is 1. The van der Waals surface area contributed by atoms with Crippen molar-refractivity contribution in [1.29, 1.82) is 0 Å². The summed E-state index contributed by atoms with van der Waals surface area (Å²) < 4.78 is 0. The lowest BCUT2D eigenvalue weighted by molar-refractivity contribution is -0.147. The van der Waals surface area contributed by atoms with Crippen LogP contribution in [0.1, 0.15) is 26.2 Å². The zero-order valence-corrected chi connectivity index (χ0v) is 14.1. The van der Waals surface area contributed by atoms with Crippen molar-refractivity contribution >= 4 is 35.2 Å². The summed E-state index contributed by atoms with van der Waals surface area (Å²) in [6, 6.07) is 7.64. The lowest BCUT2D eigenvalue weighted by Crippen LogP contribution is -2.34. The Morgan fingerprint density at radius 2 is 2.05 bits per heavy atom. The van der Waals surface area contributed by atoms with E-state index in [2.05, 4.69) is 0 Å². The summed E-state index contributed by atoms with van der Waals surface area (Å²) >= 11 is 7.53. The second kappa shape index (κ2) is 7.38. The molecule has 4 nitrogen and oxygen atoms in total. The zero-order valence-electron chi connectivity index (χ0n) is 12.5. The summed E-state index contributed by atoms with van der Waals surface area (Å²) in [6.07, 6.45) is 1.79. The highest BCUT2D eigenvalue weighted by Crippen LogP contribution is 2.30. The Labute approximate surface area is 139 Å². The van der Waals surface area contributed by atoms with Gasteiger partial charge in [0.25, 0.3) is 0 Å². The highest BCUT2D eigenvalue weighted by molar-refractivity contribution is 7.99. The SMILES string of the molecule is CC1(C(=O)O)CCN(C(=O)CCCSc2ccc(Cl)cc2)C1. The van der Waals surface area contributed by atoms with Gasteiger partial charge in [0.1, 0.15) is 0 Å². The predicted molar refractivity (Wildman–Crippen MR) is 88.3 cm³/mol. The fourth-order valence-corrected chi connectivity index (χ4v) is 3.43. The molecule has 120 valence electrons. The van der Waals surface area contributed by atoms with Crippen molar-refractivity contribution in [3.05, 3.63) is 29.3 Å². The summed E-state index contributed by atoms with van der Waals surface area (Å²) in [5, 5.41) is 9.90. The van der Waals surface area contributed by atoms with Crippen molar-refractivity contribution in [2.45, 2.75) is 31.1 Å². The lowest BCUT2D eigenvalue weighted by atomic mass is 9.90. The monoisotopic (exact) mass is 341 g/mol. The standard InChI is InChI=1S/C16H20ClNO3S/c1-16(15(20)21)8-9-18(11-16)14(19)3-2-10-22-13-6-4-12(17)5-7-13/h4-7H,2-3,8-11H2,1H3,(H,20,21). The van der Waals surface area contributed by atoms with E-state index in [9.17, 15) is 14.7 Å². The number of amides is 1. The van der Waals surface area contributed by atoms with Crippen LogP contribution in [0.3, 0.4) is 0 Å². The van der Waals surface area contributed by atoms with Gasteiger partial charge in [0.15, 0.2) is 0 Å². The van der Waals surface area contributed by atoms with Crippen LogP contribution in [0.15, 0.2) is 29.2 Å². The minimum atomic E-state index is -0.818. The van der Waals surface area contributed by atoms with E-state index in [4.69, 9.17) is 11.6 Å². The first-order chi connectivity index (χ1) is 10.4. The molecule has 0 spiro atoms. The Morgan fingerprint density at radius 1 is 1.36 bits per heavy atom. The molecule has 1 aromatic carbocycles. The average Bonchev–Trinajstić information content (AvgIpc) is 2.89. The second-order valence-electron chi connectivity index (χ2n) is 5.84. The number of rotatable bonds is 6. The molecule has 1 atom stereocenters. The number of halogens is 1. The average molecular weight is 342 g/mol. The molecule has 0 saturated carbocycles. The maximum Gasteiger partial charge on any atom is 0.311 e. The predicted octanol–water partition coefficient (Wildman–Crippen LogP) is 3.54. The van der Waals surface area contributed by atoms with Gasteiger partial charge in [0.05, 0.1) is 5.41 Å². The van der Waals surface area contributed by atoms with Crippen LogP contribution >= 0.6 is 23.4 Å². The fraction of sp³-hybridized carbons (Fsp3) is 0.500. The van der Waals surface area contributed by atoms with Gasteiger partial charge in [-0.3, -0.25) is 9.59 Å². The molecule has 0 bridgehead atoms. The van der Waals surface area contributed by atoms with Crippen LogP contribution in [0.4, 0.5) is 0 Å². The van der Waals surface area contributed by atoms with E-state index in [1.165, 1.54) is 0 Å². The minimum absolute atomic E-state index is 0.0571. The summed E-state index contributed by atoms with van der Waals surface area (Å²) in [4.78, 5) is 26.1. The number of benzene rings is 1. The number of nitrogens with zero attached hydrogens (tertiary/aromatic N) is 1. The molecule has 1 aliphatic heterocycles. The van der Waals surface area contributed by atoms with Crippen molar-refractivity contribution in [3.8, 4) is 0 Å². The molecule has 0 radical (unpaired) electrons. The number of likely N-dealkylation sites (tertiary alicyclic amines) is 1. The van der Waals surface area contributed by atoms with Crippen LogP contribution in [0.25, 0.3) is 0 Å². The largest absolute Gasteiger partial charge is 0.481 e. The van der Waals surface area contributed by atoms with E-state index >= 15 is 0 Å². The maximum atomic E-state index is 12.1. The molecule has 0 aliphatic carbocycles. The third kappa shape index (κ3) is 4.40.